The summed E-state index contributed by atoms with van der Waals surface area (Å²) in [6.07, 6.45) is -4.57. The van der Waals surface area contributed by atoms with Gasteiger partial charge in [0.1, 0.15) is 12.3 Å². The first kappa shape index (κ1) is 16.2. The number of halogens is 4. The average Bonchev–Trinajstić information content (AvgIpc) is 2.75. The van der Waals surface area contributed by atoms with E-state index < -0.39 is 24.3 Å². The summed E-state index contributed by atoms with van der Waals surface area (Å²) in [5, 5.41) is 15.6. The molecule has 0 spiro atoms. The van der Waals surface area contributed by atoms with E-state index in [2.05, 4.69) is 10.4 Å². The van der Waals surface area contributed by atoms with Crippen molar-refractivity contribution in [1.82, 2.24) is 9.78 Å². The van der Waals surface area contributed by atoms with Gasteiger partial charge in [-0.1, -0.05) is 11.6 Å². The second-order valence-corrected chi connectivity index (χ2v) is 4.97. The zero-order valence-corrected chi connectivity index (χ0v) is 12.0. The van der Waals surface area contributed by atoms with Crippen molar-refractivity contribution >= 4 is 23.2 Å². The molecule has 0 atom stereocenters. The van der Waals surface area contributed by atoms with Crippen LogP contribution in [0.25, 0.3) is 0 Å². The summed E-state index contributed by atoms with van der Waals surface area (Å²) in [5.74, 6) is -0.844. The molecule has 1 heterocycles. The number of anilines is 1. The van der Waals surface area contributed by atoms with Gasteiger partial charge in [0.15, 0.2) is 5.69 Å². The Morgan fingerprint density at radius 2 is 2.09 bits per heavy atom. The van der Waals surface area contributed by atoms with Crippen LogP contribution in [0.15, 0.2) is 24.3 Å². The molecule has 9 heteroatoms. The number of alkyl halides is 3. The maximum atomic E-state index is 12.5. The Hall–Kier alpha value is -2.22. The molecule has 0 bridgehead atoms. The number of carbonyl (C=O) groups excluding carboxylic acids is 1. The van der Waals surface area contributed by atoms with Crippen molar-refractivity contribution in [3.05, 3.63) is 40.7 Å². The largest absolute Gasteiger partial charge is 0.506 e. The molecule has 0 fully saturated rings. The molecule has 1 aromatic carbocycles. The first-order chi connectivity index (χ1) is 10.2. The number of hydrogen-bond donors (Lipinski definition) is 2. The predicted octanol–water partition coefficient (Wildman–Crippen LogP) is 3.21. The first-order valence-electron chi connectivity index (χ1n) is 6.07. The topological polar surface area (TPSA) is 67.2 Å². The minimum Gasteiger partial charge on any atom is -0.506 e. The lowest BCUT2D eigenvalue weighted by molar-refractivity contribution is -0.141. The van der Waals surface area contributed by atoms with Crippen molar-refractivity contribution in [2.24, 2.45) is 0 Å². The minimum absolute atomic E-state index is 0.0679. The van der Waals surface area contributed by atoms with E-state index in [0.717, 1.165) is 10.7 Å². The molecule has 1 aromatic heterocycles. The molecule has 22 heavy (non-hydrogen) atoms. The van der Waals surface area contributed by atoms with E-state index in [-0.39, 0.29) is 17.1 Å². The molecular weight excluding hydrogens is 323 g/mol. The molecule has 0 saturated heterocycles. The van der Waals surface area contributed by atoms with E-state index in [1.807, 2.05) is 0 Å². The summed E-state index contributed by atoms with van der Waals surface area (Å²) >= 11 is 5.73. The molecule has 0 aliphatic rings. The highest BCUT2D eigenvalue weighted by Gasteiger charge is 2.34. The fourth-order valence-corrected chi connectivity index (χ4v) is 1.91. The number of nitrogens with one attached hydrogen (secondary N) is 1. The van der Waals surface area contributed by atoms with Gasteiger partial charge in [-0.15, -0.1) is 0 Å². The van der Waals surface area contributed by atoms with Gasteiger partial charge in [-0.25, -0.2) is 0 Å². The number of benzene rings is 1. The quantitative estimate of drug-likeness (QED) is 0.848. The number of phenols is 1. The van der Waals surface area contributed by atoms with Crippen molar-refractivity contribution in [3.8, 4) is 5.75 Å². The smallest absolute Gasteiger partial charge is 0.435 e. The number of aromatic nitrogens is 2. The SMILES string of the molecule is Cc1cc(C(F)(F)F)nn1CC(=O)Nc1cc(Cl)ccc1O. The number of aryl methyl sites for hydroxylation is 1. The van der Waals surface area contributed by atoms with E-state index in [4.69, 9.17) is 11.6 Å². The van der Waals surface area contributed by atoms with Crippen LogP contribution in [0.5, 0.6) is 5.75 Å². The third-order valence-corrected chi connectivity index (χ3v) is 3.03. The Kier molecular flexibility index (Phi) is 4.32. The maximum Gasteiger partial charge on any atom is 0.435 e. The second kappa shape index (κ2) is 5.88. The Morgan fingerprint density at radius 3 is 2.68 bits per heavy atom. The van der Waals surface area contributed by atoms with Gasteiger partial charge < -0.3 is 10.4 Å². The molecule has 0 unspecified atom stereocenters. The number of nitrogens with zero attached hydrogens (tertiary/aromatic N) is 2. The first-order valence-corrected chi connectivity index (χ1v) is 6.44. The Balaban J connectivity index is 2.13. The van der Waals surface area contributed by atoms with Gasteiger partial charge in [0.25, 0.3) is 0 Å². The van der Waals surface area contributed by atoms with E-state index >= 15 is 0 Å². The number of amides is 1. The van der Waals surface area contributed by atoms with Gasteiger partial charge in [-0.3, -0.25) is 9.48 Å². The monoisotopic (exact) mass is 333 g/mol. The number of phenolic OH excluding ortho intramolecular Hbond substituents is 1. The molecule has 0 saturated carbocycles. The molecule has 0 aliphatic carbocycles. The van der Waals surface area contributed by atoms with Gasteiger partial charge in [0, 0.05) is 10.7 Å². The lowest BCUT2D eigenvalue weighted by Gasteiger charge is -2.09. The highest BCUT2D eigenvalue weighted by Crippen LogP contribution is 2.29. The van der Waals surface area contributed by atoms with Crippen molar-refractivity contribution in [1.29, 1.82) is 0 Å². The van der Waals surface area contributed by atoms with E-state index in [0.29, 0.717) is 5.02 Å². The summed E-state index contributed by atoms with van der Waals surface area (Å²) in [7, 11) is 0. The standard InChI is InChI=1S/C13H11ClF3N3O2/c1-7-4-11(13(15,16)17)19-20(7)6-12(22)18-9-5-8(14)2-3-10(9)21/h2-5,21H,6H2,1H3,(H,18,22). The predicted molar refractivity (Wildman–Crippen MR) is 73.7 cm³/mol. The lowest BCUT2D eigenvalue weighted by atomic mass is 10.3. The highest BCUT2D eigenvalue weighted by atomic mass is 35.5. The maximum absolute atomic E-state index is 12.5. The molecule has 2 rings (SSSR count). The number of aromatic hydroxyl groups is 1. The van der Waals surface area contributed by atoms with E-state index in [1.165, 1.54) is 25.1 Å². The van der Waals surface area contributed by atoms with Gasteiger partial charge in [0.2, 0.25) is 5.91 Å². The van der Waals surface area contributed by atoms with Gasteiger partial charge in [-0.2, -0.15) is 18.3 Å². The normalized spacial score (nSPS) is 11.5. The molecule has 0 radical (unpaired) electrons. The van der Waals surface area contributed by atoms with Gasteiger partial charge >= 0.3 is 6.18 Å². The van der Waals surface area contributed by atoms with Gasteiger partial charge in [0.05, 0.1) is 5.69 Å². The summed E-state index contributed by atoms with van der Waals surface area (Å²) in [6.45, 7) is 0.986. The van der Waals surface area contributed by atoms with Crippen LogP contribution >= 0.6 is 11.6 Å². The van der Waals surface area contributed by atoms with Gasteiger partial charge in [-0.05, 0) is 31.2 Å². The van der Waals surface area contributed by atoms with Crippen molar-refractivity contribution < 1.29 is 23.1 Å². The number of hydrogen-bond acceptors (Lipinski definition) is 3. The van der Waals surface area contributed by atoms with Crippen LogP contribution in [-0.4, -0.2) is 20.8 Å². The minimum atomic E-state index is -4.57. The molecule has 0 aliphatic heterocycles. The average molecular weight is 334 g/mol. The van der Waals surface area contributed by atoms with Crippen LogP contribution in [0.4, 0.5) is 18.9 Å². The van der Waals surface area contributed by atoms with Crippen LogP contribution < -0.4 is 5.32 Å². The van der Waals surface area contributed by atoms with Crippen LogP contribution in [0.3, 0.4) is 0 Å². The number of rotatable bonds is 3. The van der Waals surface area contributed by atoms with Crippen LogP contribution in [0.1, 0.15) is 11.4 Å². The third-order valence-electron chi connectivity index (χ3n) is 2.80. The van der Waals surface area contributed by atoms with Crippen molar-refractivity contribution in [2.45, 2.75) is 19.6 Å². The van der Waals surface area contributed by atoms with E-state index in [9.17, 15) is 23.1 Å². The molecule has 118 valence electrons. The lowest BCUT2D eigenvalue weighted by Crippen LogP contribution is -2.20. The highest BCUT2D eigenvalue weighted by molar-refractivity contribution is 6.31. The van der Waals surface area contributed by atoms with Crippen molar-refractivity contribution in [2.75, 3.05) is 5.32 Å². The zero-order valence-electron chi connectivity index (χ0n) is 11.3. The van der Waals surface area contributed by atoms with Crippen LogP contribution in [-0.2, 0) is 17.5 Å². The Labute approximate surface area is 128 Å². The van der Waals surface area contributed by atoms with Crippen LogP contribution in [0, 0.1) is 6.92 Å². The molecule has 5 nitrogen and oxygen atoms in total. The third kappa shape index (κ3) is 3.70. The molecule has 2 N–H and O–H groups in total. The fraction of sp³-hybridized carbons (Fsp3) is 0.231. The fourth-order valence-electron chi connectivity index (χ4n) is 1.74. The molecule has 2 aromatic rings. The summed E-state index contributed by atoms with van der Waals surface area (Å²) < 4.78 is 38.5. The molecule has 1 amide bonds. The molecular formula is C13H11ClF3N3O2. The number of carbonyl (C=O) groups is 1. The summed E-state index contributed by atoms with van der Waals surface area (Å²) in [4.78, 5) is 11.8. The Morgan fingerprint density at radius 1 is 1.41 bits per heavy atom. The Bertz CT molecular complexity index is 713. The van der Waals surface area contributed by atoms with E-state index in [1.54, 1.807) is 0 Å². The second-order valence-electron chi connectivity index (χ2n) is 4.54. The van der Waals surface area contributed by atoms with Crippen molar-refractivity contribution in [3.63, 3.8) is 0 Å². The summed E-state index contributed by atoms with van der Waals surface area (Å²) in [6, 6.07) is 4.90. The van der Waals surface area contributed by atoms with Crippen LogP contribution in [0.2, 0.25) is 5.02 Å². The zero-order chi connectivity index (χ0) is 16.5. The summed E-state index contributed by atoms with van der Waals surface area (Å²) in [5.41, 5.74) is -0.806.